The summed E-state index contributed by atoms with van der Waals surface area (Å²) in [7, 11) is 1.54. The molecule has 0 atom stereocenters. The first-order chi connectivity index (χ1) is 16.6. The smallest absolute Gasteiger partial charge is 0.335 e. The van der Waals surface area contributed by atoms with Gasteiger partial charge in [0.1, 0.15) is 11.3 Å². The summed E-state index contributed by atoms with van der Waals surface area (Å²) in [4.78, 5) is 38.9. The van der Waals surface area contributed by atoms with E-state index in [2.05, 4.69) is 5.32 Å². The second kappa shape index (κ2) is 9.19. The average Bonchev–Trinajstić information content (AvgIpc) is 3.09. The van der Waals surface area contributed by atoms with E-state index in [-0.39, 0.29) is 16.2 Å². The quantitative estimate of drug-likeness (QED) is 0.320. The number of carboxylic acid groups (broad SMARTS) is 1. The number of benzene rings is 2. The summed E-state index contributed by atoms with van der Waals surface area (Å²) in [6.45, 7) is 5.62. The fraction of sp³-hybridized carbons (Fsp3) is 0.154. The molecule has 1 saturated heterocycles. The highest BCUT2D eigenvalue weighted by atomic mass is 32.1. The Labute approximate surface area is 207 Å². The zero-order valence-electron chi connectivity index (χ0n) is 19.6. The van der Waals surface area contributed by atoms with Gasteiger partial charge in [0.15, 0.2) is 5.11 Å². The number of ether oxygens (including phenoxy) is 1. The number of carbonyl (C=O) groups is 3. The Bertz CT molecular complexity index is 1420. The maximum atomic E-state index is 13.4. The number of aromatic carboxylic acids is 1. The first-order valence-corrected chi connectivity index (χ1v) is 11.1. The van der Waals surface area contributed by atoms with Gasteiger partial charge in [0.2, 0.25) is 0 Å². The van der Waals surface area contributed by atoms with E-state index < -0.39 is 17.8 Å². The molecule has 35 heavy (non-hydrogen) atoms. The van der Waals surface area contributed by atoms with Crippen molar-refractivity contribution in [3.05, 3.63) is 82.2 Å². The largest absolute Gasteiger partial charge is 0.497 e. The van der Waals surface area contributed by atoms with E-state index in [9.17, 15) is 19.5 Å². The molecule has 0 unspecified atom stereocenters. The third kappa shape index (κ3) is 4.33. The van der Waals surface area contributed by atoms with Crippen LogP contribution in [0.1, 0.15) is 32.9 Å². The van der Waals surface area contributed by atoms with Crippen LogP contribution in [0, 0.1) is 20.8 Å². The maximum absolute atomic E-state index is 13.4. The van der Waals surface area contributed by atoms with E-state index in [0.717, 1.165) is 17.0 Å². The normalized spacial score (nSPS) is 14.9. The number of rotatable bonds is 5. The van der Waals surface area contributed by atoms with Gasteiger partial charge in [-0.1, -0.05) is 6.07 Å². The molecule has 1 fully saturated rings. The van der Waals surface area contributed by atoms with E-state index in [4.69, 9.17) is 17.0 Å². The summed E-state index contributed by atoms with van der Waals surface area (Å²) in [6, 6.07) is 13.5. The lowest BCUT2D eigenvalue weighted by molar-refractivity contribution is -0.122. The fourth-order valence-electron chi connectivity index (χ4n) is 4.07. The topological polar surface area (TPSA) is 101 Å². The van der Waals surface area contributed by atoms with Crippen molar-refractivity contribution in [2.24, 2.45) is 0 Å². The minimum Gasteiger partial charge on any atom is -0.497 e. The van der Waals surface area contributed by atoms with Crippen LogP contribution >= 0.6 is 12.2 Å². The number of hydrogen-bond acceptors (Lipinski definition) is 5. The van der Waals surface area contributed by atoms with Crippen molar-refractivity contribution in [2.45, 2.75) is 20.8 Å². The summed E-state index contributed by atoms with van der Waals surface area (Å²) in [5.74, 6) is -1.52. The van der Waals surface area contributed by atoms with Crippen LogP contribution in [0.3, 0.4) is 0 Å². The molecule has 0 saturated carbocycles. The van der Waals surface area contributed by atoms with Crippen LogP contribution in [0.5, 0.6) is 5.75 Å². The lowest BCUT2D eigenvalue weighted by atomic mass is 10.1. The Kier molecular flexibility index (Phi) is 6.27. The predicted molar refractivity (Wildman–Crippen MR) is 136 cm³/mol. The monoisotopic (exact) mass is 489 g/mol. The molecule has 2 N–H and O–H groups in total. The van der Waals surface area contributed by atoms with Crippen molar-refractivity contribution >= 4 is 46.9 Å². The molecule has 1 aliphatic rings. The molecule has 1 aliphatic heterocycles. The summed E-state index contributed by atoms with van der Waals surface area (Å²) in [5.41, 5.74) is 4.44. The minimum atomic E-state index is -1.02. The molecule has 2 amide bonds. The van der Waals surface area contributed by atoms with E-state index in [1.807, 2.05) is 31.4 Å². The highest BCUT2D eigenvalue weighted by Gasteiger charge is 2.34. The van der Waals surface area contributed by atoms with Crippen molar-refractivity contribution in [1.82, 2.24) is 9.88 Å². The van der Waals surface area contributed by atoms with Gasteiger partial charge in [-0.3, -0.25) is 19.8 Å². The number of nitrogens with zero attached hydrogens (tertiary/aromatic N) is 2. The van der Waals surface area contributed by atoms with Crippen molar-refractivity contribution in [2.75, 3.05) is 12.0 Å². The van der Waals surface area contributed by atoms with E-state index >= 15 is 0 Å². The Balaban J connectivity index is 1.77. The van der Waals surface area contributed by atoms with E-state index in [1.54, 1.807) is 49.6 Å². The summed E-state index contributed by atoms with van der Waals surface area (Å²) in [6.07, 6.45) is 1.53. The molecule has 2 heterocycles. The van der Waals surface area contributed by atoms with Crippen LogP contribution in [-0.4, -0.2) is 39.7 Å². The lowest BCUT2D eigenvalue weighted by Gasteiger charge is -2.29. The van der Waals surface area contributed by atoms with Gasteiger partial charge >= 0.3 is 5.97 Å². The Hall–Kier alpha value is -4.24. The Morgan fingerprint density at radius 3 is 2.37 bits per heavy atom. The number of amides is 2. The van der Waals surface area contributed by atoms with Crippen LogP contribution in [0.2, 0.25) is 0 Å². The van der Waals surface area contributed by atoms with Crippen LogP contribution in [0.15, 0.2) is 54.1 Å². The molecule has 0 bridgehead atoms. The molecule has 178 valence electrons. The minimum absolute atomic E-state index is 0.00565. The highest BCUT2D eigenvalue weighted by Crippen LogP contribution is 2.28. The zero-order valence-corrected chi connectivity index (χ0v) is 20.4. The summed E-state index contributed by atoms with van der Waals surface area (Å²) >= 11 is 5.27. The molecule has 1 aromatic heterocycles. The lowest BCUT2D eigenvalue weighted by Crippen LogP contribution is -2.54. The Morgan fingerprint density at radius 1 is 1.06 bits per heavy atom. The number of nitrogens with one attached hydrogen (secondary N) is 1. The van der Waals surface area contributed by atoms with E-state index in [0.29, 0.717) is 22.7 Å². The zero-order chi connectivity index (χ0) is 25.4. The molecule has 4 rings (SSSR count). The van der Waals surface area contributed by atoms with Crippen LogP contribution in [0.4, 0.5) is 5.69 Å². The summed E-state index contributed by atoms with van der Waals surface area (Å²) in [5, 5.41) is 12.0. The van der Waals surface area contributed by atoms with Gasteiger partial charge in [0.05, 0.1) is 18.4 Å². The third-order valence-corrected chi connectivity index (χ3v) is 6.18. The van der Waals surface area contributed by atoms with Gasteiger partial charge in [0, 0.05) is 17.1 Å². The van der Waals surface area contributed by atoms with Crippen LogP contribution < -0.4 is 15.0 Å². The van der Waals surface area contributed by atoms with Crippen molar-refractivity contribution in [1.29, 1.82) is 0 Å². The second-order valence-electron chi connectivity index (χ2n) is 8.12. The SMILES string of the molecule is COc1ccc(N2C(=O)C(=Cc3cc(C)n(-c4cc(C(=O)O)ccc4C)c3C)C(=O)NC2=S)cc1. The predicted octanol–water partition coefficient (Wildman–Crippen LogP) is 3.94. The number of carbonyl (C=O) groups excluding carboxylic acids is 2. The first-order valence-electron chi connectivity index (χ1n) is 10.7. The molecule has 3 aromatic rings. The van der Waals surface area contributed by atoms with Crippen molar-refractivity contribution < 1.29 is 24.2 Å². The third-order valence-electron chi connectivity index (χ3n) is 5.90. The fourth-order valence-corrected chi connectivity index (χ4v) is 4.35. The van der Waals surface area contributed by atoms with Crippen LogP contribution in [-0.2, 0) is 9.59 Å². The first kappa shape index (κ1) is 23.9. The molecule has 0 spiro atoms. The van der Waals surface area contributed by atoms with Gasteiger partial charge in [-0.2, -0.15) is 0 Å². The Morgan fingerprint density at radius 2 is 1.74 bits per heavy atom. The number of hydrogen-bond donors (Lipinski definition) is 2. The standard InChI is InChI=1S/C26H23N3O5S/c1-14-5-6-17(25(32)33)13-22(14)28-15(2)11-18(16(28)3)12-21-23(30)27-26(35)29(24(21)31)19-7-9-20(34-4)10-8-19/h5-13H,1-4H3,(H,32,33)(H,27,30,35). The van der Waals surface area contributed by atoms with Gasteiger partial charge < -0.3 is 14.4 Å². The molecule has 9 heteroatoms. The molecule has 8 nitrogen and oxygen atoms in total. The average molecular weight is 490 g/mol. The summed E-state index contributed by atoms with van der Waals surface area (Å²) < 4.78 is 7.08. The van der Waals surface area contributed by atoms with Gasteiger partial charge in [-0.05, 0) is 92.7 Å². The van der Waals surface area contributed by atoms with E-state index in [1.165, 1.54) is 11.0 Å². The number of aromatic nitrogens is 1. The van der Waals surface area contributed by atoms with Gasteiger partial charge in [-0.15, -0.1) is 0 Å². The van der Waals surface area contributed by atoms with Gasteiger partial charge in [-0.25, -0.2) is 4.79 Å². The molecule has 0 radical (unpaired) electrons. The molecule has 2 aromatic carbocycles. The van der Waals surface area contributed by atoms with Gasteiger partial charge in [0.25, 0.3) is 11.8 Å². The number of carboxylic acids is 1. The number of aryl methyl sites for hydroxylation is 2. The molecule has 0 aliphatic carbocycles. The highest BCUT2D eigenvalue weighted by molar-refractivity contribution is 7.80. The molecular formula is C26H23N3O5S. The number of methoxy groups -OCH3 is 1. The van der Waals surface area contributed by atoms with Crippen LogP contribution in [0.25, 0.3) is 11.8 Å². The molecular weight excluding hydrogens is 466 g/mol. The maximum Gasteiger partial charge on any atom is 0.335 e. The number of thiocarbonyl (C=S) groups is 1. The van der Waals surface area contributed by atoms with Crippen molar-refractivity contribution in [3.8, 4) is 11.4 Å². The second-order valence-corrected chi connectivity index (χ2v) is 8.51. The number of anilines is 1. The van der Waals surface area contributed by atoms with Crippen molar-refractivity contribution in [3.63, 3.8) is 0 Å².